The van der Waals surface area contributed by atoms with E-state index in [4.69, 9.17) is 17.3 Å². The predicted molar refractivity (Wildman–Crippen MR) is 38.2 cm³/mol. The van der Waals surface area contributed by atoms with E-state index in [1.165, 1.54) is 0 Å². The molecule has 0 aliphatic heterocycles. The molecule has 2 unspecified atom stereocenters. The molecule has 0 aliphatic carbocycles. The lowest BCUT2D eigenvalue weighted by Gasteiger charge is -2.13. The third kappa shape index (κ3) is 2.53. The number of rotatable bonds is 3. The Morgan fingerprint density at radius 1 is 1.62 bits per heavy atom. The minimum absolute atomic E-state index is 0.285. The lowest BCUT2D eigenvalue weighted by atomic mass is 10.0. The first-order valence-electron chi connectivity index (χ1n) is 3.03. The molecule has 0 heterocycles. The van der Waals surface area contributed by atoms with E-state index in [1.54, 1.807) is 0 Å². The van der Waals surface area contributed by atoms with Gasteiger partial charge in [0.05, 0.1) is 0 Å². The maximum atomic E-state index is 5.64. The second-order valence-electron chi connectivity index (χ2n) is 2.20. The monoisotopic (exact) mass is 135 g/mol. The lowest BCUT2D eigenvalue weighted by Crippen LogP contribution is -2.28. The van der Waals surface area contributed by atoms with Crippen LogP contribution in [0.25, 0.3) is 0 Å². The van der Waals surface area contributed by atoms with Gasteiger partial charge < -0.3 is 5.73 Å². The van der Waals surface area contributed by atoms with E-state index in [9.17, 15) is 0 Å². The Bertz CT molecular complexity index is 48.5. The SMILES string of the molecule is CCC(N)C(C)CCl. The summed E-state index contributed by atoms with van der Waals surface area (Å²) in [5.41, 5.74) is 5.64. The molecule has 1 nitrogen and oxygen atoms in total. The topological polar surface area (TPSA) is 26.0 Å². The summed E-state index contributed by atoms with van der Waals surface area (Å²) in [6.07, 6.45) is 1.02. The van der Waals surface area contributed by atoms with Crippen LogP contribution in [-0.4, -0.2) is 11.9 Å². The molecule has 0 aromatic heterocycles. The minimum atomic E-state index is 0.285. The molecule has 8 heavy (non-hydrogen) atoms. The highest BCUT2D eigenvalue weighted by molar-refractivity contribution is 6.18. The van der Waals surface area contributed by atoms with Crippen LogP contribution in [0.3, 0.4) is 0 Å². The molecule has 2 atom stereocenters. The lowest BCUT2D eigenvalue weighted by molar-refractivity contribution is 0.485. The molecular formula is C6H14ClN. The summed E-state index contributed by atoms with van der Waals surface area (Å²) in [6, 6.07) is 0.285. The zero-order valence-corrected chi connectivity index (χ0v) is 6.28. The van der Waals surface area contributed by atoms with E-state index in [1.807, 2.05) is 0 Å². The Kier molecular flexibility index (Phi) is 4.29. The Labute approximate surface area is 56.2 Å². The van der Waals surface area contributed by atoms with Crippen LogP contribution in [0, 0.1) is 5.92 Å². The summed E-state index contributed by atoms with van der Waals surface area (Å²) in [6.45, 7) is 4.15. The van der Waals surface area contributed by atoms with E-state index in [0.717, 1.165) is 6.42 Å². The molecule has 0 spiro atoms. The van der Waals surface area contributed by atoms with Crippen LogP contribution in [-0.2, 0) is 0 Å². The van der Waals surface area contributed by atoms with Crippen LogP contribution in [0.4, 0.5) is 0 Å². The zero-order valence-electron chi connectivity index (χ0n) is 5.52. The zero-order chi connectivity index (χ0) is 6.57. The Morgan fingerprint density at radius 2 is 2.12 bits per heavy atom. The highest BCUT2D eigenvalue weighted by Gasteiger charge is 2.07. The molecule has 0 aliphatic rings. The summed E-state index contributed by atoms with van der Waals surface area (Å²) in [4.78, 5) is 0. The van der Waals surface area contributed by atoms with Crippen molar-refractivity contribution in [2.75, 3.05) is 5.88 Å². The van der Waals surface area contributed by atoms with Gasteiger partial charge in [0.2, 0.25) is 0 Å². The maximum Gasteiger partial charge on any atom is 0.0263 e. The largest absolute Gasteiger partial charge is 0.327 e. The number of alkyl halides is 1. The van der Waals surface area contributed by atoms with Crippen molar-refractivity contribution < 1.29 is 0 Å². The average Bonchev–Trinajstić information content (AvgIpc) is 1.84. The van der Waals surface area contributed by atoms with E-state index in [-0.39, 0.29) is 6.04 Å². The molecule has 0 fully saturated rings. The van der Waals surface area contributed by atoms with Crippen molar-refractivity contribution in [3.8, 4) is 0 Å². The van der Waals surface area contributed by atoms with Gasteiger partial charge in [-0.05, 0) is 12.3 Å². The van der Waals surface area contributed by atoms with Gasteiger partial charge >= 0.3 is 0 Å². The molecule has 50 valence electrons. The van der Waals surface area contributed by atoms with Gasteiger partial charge in [0.15, 0.2) is 0 Å². The summed E-state index contributed by atoms with van der Waals surface area (Å²) in [7, 11) is 0. The van der Waals surface area contributed by atoms with E-state index in [0.29, 0.717) is 11.8 Å². The van der Waals surface area contributed by atoms with Crippen molar-refractivity contribution in [1.82, 2.24) is 0 Å². The molecule has 0 saturated carbocycles. The molecule has 0 aromatic carbocycles. The first-order valence-corrected chi connectivity index (χ1v) is 3.57. The van der Waals surface area contributed by atoms with Crippen LogP contribution < -0.4 is 5.73 Å². The summed E-state index contributed by atoms with van der Waals surface area (Å²) >= 11 is 5.55. The van der Waals surface area contributed by atoms with Crippen LogP contribution in [0.5, 0.6) is 0 Å². The Hall–Kier alpha value is 0.250. The summed E-state index contributed by atoms with van der Waals surface area (Å²) in [5, 5.41) is 0. The van der Waals surface area contributed by atoms with Gasteiger partial charge in [-0.3, -0.25) is 0 Å². The molecule has 0 saturated heterocycles. The number of nitrogens with two attached hydrogens (primary N) is 1. The standard InChI is InChI=1S/C6H14ClN/c1-3-6(8)5(2)4-7/h5-6H,3-4,8H2,1-2H3. The van der Waals surface area contributed by atoms with E-state index < -0.39 is 0 Å². The predicted octanol–water partition coefficient (Wildman–Crippen LogP) is 1.60. The highest BCUT2D eigenvalue weighted by atomic mass is 35.5. The smallest absolute Gasteiger partial charge is 0.0263 e. The van der Waals surface area contributed by atoms with E-state index in [2.05, 4.69) is 13.8 Å². The molecule has 0 amide bonds. The number of halogens is 1. The van der Waals surface area contributed by atoms with Gasteiger partial charge in [0, 0.05) is 11.9 Å². The second kappa shape index (κ2) is 4.16. The molecular weight excluding hydrogens is 122 g/mol. The van der Waals surface area contributed by atoms with Crippen LogP contribution in [0.2, 0.25) is 0 Å². The third-order valence-corrected chi connectivity index (χ3v) is 1.93. The van der Waals surface area contributed by atoms with Crippen LogP contribution in [0.15, 0.2) is 0 Å². The first kappa shape index (κ1) is 8.25. The molecule has 0 bridgehead atoms. The number of hydrogen-bond acceptors (Lipinski definition) is 1. The van der Waals surface area contributed by atoms with Gasteiger partial charge in [-0.25, -0.2) is 0 Å². The molecule has 0 radical (unpaired) electrons. The van der Waals surface area contributed by atoms with Crippen molar-refractivity contribution in [2.24, 2.45) is 11.7 Å². The highest BCUT2D eigenvalue weighted by Crippen LogP contribution is 2.04. The van der Waals surface area contributed by atoms with Crippen molar-refractivity contribution >= 4 is 11.6 Å². The Balaban J connectivity index is 3.29. The van der Waals surface area contributed by atoms with Crippen molar-refractivity contribution in [1.29, 1.82) is 0 Å². The maximum absolute atomic E-state index is 5.64. The van der Waals surface area contributed by atoms with Gasteiger partial charge in [-0.1, -0.05) is 13.8 Å². The fourth-order valence-electron chi connectivity index (χ4n) is 0.517. The fraction of sp³-hybridized carbons (Fsp3) is 1.00. The van der Waals surface area contributed by atoms with Gasteiger partial charge in [-0.2, -0.15) is 0 Å². The first-order chi connectivity index (χ1) is 3.72. The average molecular weight is 136 g/mol. The third-order valence-electron chi connectivity index (χ3n) is 1.45. The quantitative estimate of drug-likeness (QED) is 0.585. The minimum Gasteiger partial charge on any atom is -0.327 e. The molecule has 0 aromatic rings. The van der Waals surface area contributed by atoms with Crippen LogP contribution >= 0.6 is 11.6 Å². The van der Waals surface area contributed by atoms with Gasteiger partial charge in [-0.15, -0.1) is 11.6 Å². The van der Waals surface area contributed by atoms with Crippen molar-refractivity contribution in [3.05, 3.63) is 0 Å². The normalized spacial score (nSPS) is 18.0. The Morgan fingerprint density at radius 3 is 2.25 bits per heavy atom. The summed E-state index contributed by atoms with van der Waals surface area (Å²) < 4.78 is 0. The van der Waals surface area contributed by atoms with Crippen molar-refractivity contribution in [2.45, 2.75) is 26.3 Å². The van der Waals surface area contributed by atoms with Gasteiger partial charge in [0.25, 0.3) is 0 Å². The summed E-state index contributed by atoms with van der Waals surface area (Å²) in [5.74, 6) is 1.14. The number of hydrogen-bond donors (Lipinski definition) is 1. The molecule has 0 rings (SSSR count). The molecule has 2 heteroatoms. The van der Waals surface area contributed by atoms with Crippen molar-refractivity contribution in [3.63, 3.8) is 0 Å². The van der Waals surface area contributed by atoms with Gasteiger partial charge in [0.1, 0.15) is 0 Å². The van der Waals surface area contributed by atoms with E-state index >= 15 is 0 Å². The fourth-order valence-corrected chi connectivity index (χ4v) is 0.746. The second-order valence-corrected chi connectivity index (χ2v) is 2.51. The molecule has 2 N–H and O–H groups in total. The van der Waals surface area contributed by atoms with Crippen LogP contribution in [0.1, 0.15) is 20.3 Å².